The number of carbonyl (C=O) groups excluding carboxylic acids is 3. The largest absolute Gasteiger partial charge is 0.497 e. The van der Waals surface area contributed by atoms with Crippen LogP contribution >= 0.6 is 0 Å². The highest BCUT2D eigenvalue weighted by molar-refractivity contribution is 6.91. The number of carbonyl (C=O) groups is 3. The van der Waals surface area contributed by atoms with Gasteiger partial charge in [-0.25, -0.2) is 0 Å². The van der Waals surface area contributed by atoms with Crippen molar-refractivity contribution < 1.29 is 33.7 Å². The molecule has 244 valence electrons. The van der Waals surface area contributed by atoms with Gasteiger partial charge in [-0.2, -0.15) is 0 Å². The molecule has 0 bridgehead atoms. The van der Waals surface area contributed by atoms with Crippen LogP contribution in [0.5, 0.6) is 5.75 Å². The van der Waals surface area contributed by atoms with E-state index in [9.17, 15) is 19.5 Å². The van der Waals surface area contributed by atoms with E-state index in [2.05, 4.69) is 42.5 Å². The number of amides is 2. The van der Waals surface area contributed by atoms with Crippen molar-refractivity contribution in [2.75, 3.05) is 30.6 Å². The summed E-state index contributed by atoms with van der Waals surface area (Å²) < 4.78 is 19.7. The first-order chi connectivity index (χ1) is 21.9. The molecular formula is C33H41N5O7Si. The van der Waals surface area contributed by atoms with Crippen LogP contribution < -0.4 is 19.7 Å². The Balaban J connectivity index is 1.41. The third kappa shape index (κ3) is 5.10. The van der Waals surface area contributed by atoms with Crippen LogP contribution in [0.1, 0.15) is 37.9 Å². The van der Waals surface area contributed by atoms with Crippen molar-refractivity contribution in [1.82, 2.24) is 15.0 Å². The van der Waals surface area contributed by atoms with Crippen LogP contribution in [-0.2, 0) is 42.4 Å². The second-order valence-electron chi connectivity index (χ2n) is 13.0. The van der Waals surface area contributed by atoms with Crippen molar-refractivity contribution in [3.05, 3.63) is 59.9 Å². The number of aromatic nitrogens is 3. The summed E-state index contributed by atoms with van der Waals surface area (Å²) in [5.41, 5.74) is 1.46. The summed E-state index contributed by atoms with van der Waals surface area (Å²) in [6, 6.07) is 13.7. The summed E-state index contributed by atoms with van der Waals surface area (Å²) in [5, 5.41) is 19.0. The minimum Gasteiger partial charge on any atom is -0.497 e. The molecule has 2 aromatic carbocycles. The average Bonchev–Trinajstić information content (AvgIpc) is 3.66. The summed E-state index contributed by atoms with van der Waals surface area (Å²) >= 11 is 0. The lowest BCUT2D eigenvalue weighted by atomic mass is 9.82. The number of nitrogens with zero attached hydrogens (tertiary/aromatic N) is 5. The Kier molecular flexibility index (Phi) is 8.28. The Hall–Kier alpha value is -4.07. The second kappa shape index (κ2) is 11.9. The van der Waals surface area contributed by atoms with Crippen LogP contribution in [0.4, 0.5) is 11.4 Å². The molecule has 1 spiro atoms. The van der Waals surface area contributed by atoms with Gasteiger partial charge >= 0.3 is 5.97 Å². The molecule has 3 aliphatic rings. The molecule has 2 fully saturated rings. The van der Waals surface area contributed by atoms with E-state index in [0.717, 1.165) is 11.4 Å². The molecule has 2 saturated heterocycles. The van der Waals surface area contributed by atoms with Gasteiger partial charge in [0.15, 0.2) is 11.8 Å². The maximum atomic E-state index is 14.4. The Labute approximate surface area is 269 Å². The number of aryl methyl sites for hydroxylation is 1. The molecule has 4 heterocycles. The SMILES string of the molecule is COc1ccc([Si](C)(C)[C@@H]2[C@@H](CCn3cc(CCO)nn3)O[C@]3(C(=O)N(C)c4ccc(N5C(=O)CC5OC(C)=O)cc43)[C@H]2C)cc1. The van der Waals surface area contributed by atoms with Gasteiger partial charge in [-0.05, 0) is 42.3 Å². The lowest BCUT2D eigenvalue weighted by molar-refractivity contribution is -0.153. The number of aliphatic hydroxyl groups excluding tert-OH is 1. The van der Waals surface area contributed by atoms with Gasteiger partial charge in [-0.15, -0.1) is 5.10 Å². The first-order valence-corrected chi connectivity index (χ1v) is 18.7. The van der Waals surface area contributed by atoms with E-state index in [1.165, 1.54) is 17.0 Å². The van der Waals surface area contributed by atoms with Crippen LogP contribution in [0.2, 0.25) is 18.6 Å². The number of hydrogen-bond acceptors (Lipinski definition) is 9. The number of methoxy groups -OCH3 is 1. The average molecular weight is 648 g/mol. The van der Waals surface area contributed by atoms with Crippen LogP contribution in [0.3, 0.4) is 0 Å². The molecule has 1 unspecified atom stereocenters. The molecule has 0 radical (unpaired) electrons. The van der Waals surface area contributed by atoms with Gasteiger partial charge < -0.3 is 24.2 Å². The predicted octanol–water partition coefficient (Wildman–Crippen LogP) is 2.73. The first kappa shape index (κ1) is 31.9. The Bertz CT molecular complexity index is 1660. The molecule has 3 aromatic rings. The quantitative estimate of drug-likeness (QED) is 0.200. The van der Waals surface area contributed by atoms with Crippen LogP contribution in [0, 0.1) is 5.92 Å². The predicted molar refractivity (Wildman–Crippen MR) is 173 cm³/mol. The third-order valence-corrected chi connectivity index (χ3v) is 14.4. The number of likely N-dealkylation sites (N-methyl/N-ethyl adjacent to an activating group) is 1. The summed E-state index contributed by atoms with van der Waals surface area (Å²) in [5.74, 6) is -0.198. The minimum absolute atomic E-state index is 0.00410. The van der Waals surface area contributed by atoms with E-state index >= 15 is 0 Å². The molecule has 1 aromatic heterocycles. The van der Waals surface area contributed by atoms with E-state index in [4.69, 9.17) is 14.2 Å². The lowest BCUT2D eigenvalue weighted by Gasteiger charge is -2.39. The van der Waals surface area contributed by atoms with E-state index in [-0.39, 0.29) is 42.4 Å². The molecule has 13 heteroatoms. The fourth-order valence-corrected chi connectivity index (χ4v) is 11.8. The maximum Gasteiger partial charge on any atom is 0.304 e. The zero-order chi connectivity index (χ0) is 33.0. The Morgan fingerprint density at radius 3 is 2.57 bits per heavy atom. The summed E-state index contributed by atoms with van der Waals surface area (Å²) in [7, 11) is 1.06. The number of aliphatic hydroxyl groups is 1. The molecule has 2 amide bonds. The number of hydrogen-bond donors (Lipinski definition) is 1. The number of rotatable bonds is 10. The monoisotopic (exact) mass is 647 g/mol. The van der Waals surface area contributed by atoms with Crippen molar-refractivity contribution in [2.45, 2.75) is 76.2 Å². The van der Waals surface area contributed by atoms with E-state index < -0.39 is 25.9 Å². The van der Waals surface area contributed by atoms with E-state index in [0.29, 0.717) is 36.3 Å². The van der Waals surface area contributed by atoms with Crippen molar-refractivity contribution >= 4 is 42.4 Å². The summed E-state index contributed by atoms with van der Waals surface area (Å²) in [6.45, 7) is 8.60. The first-order valence-electron chi connectivity index (χ1n) is 15.7. The summed E-state index contributed by atoms with van der Waals surface area (Å²) in [6.07, 6.45) is 1.99. The van der Waals surface area contributed by atoms with Gasteiger partial charge in [-0.1, -0.05) is 42.6 Å². The van der Waals surface area contributed by atoms with Gasteiger partial charge in [0, 0.05) is 56.9 Å². The van der Waals surface area contributed by atoms with Gasteiger partial charge in [0.25, 0.3) is 5.91 Å². The zero-order valence-electron chi connectivity index (χ0n) is 27.1. The Morgan fingerprint density at radius 2 is 1.91 bits per heavy atom. The van der Waals surface area contributed by atoms with Gasteiger partial charge in [0.1, 0.15) is 5.75 Å². The zero-order valence-corrected chi connectivity index (χ0v) is 28.1. The topological polar surface area (TPSA) is 136 Å². The molecule has 5 atom stereocenters. The molecule has 0 aliphatic carbocycles. The fraction of sp³-hybridized carbons (Fsp3) is 0.485. The third-order valence-electron chi connectivity index (χ3n) is 10.0. The highest BCUT2D eigenvalue weighted by atomic mass is 28.3. The standard InChI is InChI=1S/C33H41N5O7Si/c1-20-31(46(5,6)25-10-8-24(43-4)9-11-25)28(13-15-37-19-22(14-16-39)34-35-37)45-33(20)26-17-23(7-12-27(26)36(3)32(33)42)38-29(41)18-30(38)44-21(2)40/h7-12,17,19-20,28,30-31,39H,13-16,18H2,1-6H3/t20-,28+,30?,31-,33+/m0/s1. The van der Waals surface area contributed by atoms with Crippen LogP contribution in [-0.4, -0.2) is 79.1 Å². The maximum absolute atomic E-state index is 14.4. The van der Waals surface area contributed by atoms with Gasteiger partial charge in [0.2, 0.25) is 5.91 Å². The highest BCUT2D eigenvalue weighted by Gasteiger charge is 2.66. The number of anilines is 2. The number of fused-ring (bicyclic) bond motifs is 2. The molecular weight excluding hydrogens is 606 g/mol. The van der Waals surface area contributed by atoms with Crippen molar-refractivity contribution in [3.8, 4) is 5.75 Å². The summed E-state index contributed by atoms with van der Waals surface area (Å²) in [4.78, 5) is 42.0. The van der Waals surface area contributed by atoms with Gasteiger partial charge in [0.05, 0.1) is 39.1 Å². The number of ether oxygens (including phenoxy) is 3. The molecule has 3 aliphatic heterocycles. The van der Waals surface area contributed by atoms with E-state index in [1.807, 2.05) is 30.5 Å². The van der Waals surface area contributed by atoms with E-state index in [1.54, 1.807) is 29.8 Å². The molecule has 1 N–H and O–H groups in total. The number of benzene rings is 2. The Morgan fingerprint density at radius 1 is 1.17 bits per heavy atom. The smallest absolute Gasteiger partial charge is 0.304 e. The van der Waals surface area contributed by atoms with Gasteiger partial charge in [-0.3, -0.25) is 24.0 Å². The van der Waals surface area contributed by atoms with Crippen molar-refractivity contribution in [3.63, 3.8) is 0 Å². The number of esters is 1. The molecule has 12 nitrogen and oxygen atoms in total. The second-order valence-corrected chi connectivity index (χ2v) is 17.7. The number of β-lactam (4-membered cyclic amide) rings is 1. The normalized spacial score (nSPS) is 25.6. The van der Waals surface area contributed by atoms with Crippen molar-refractivity contribution in [2.24, 2.45) is 5.92 Å². The minimum atomic E-state index is -2.34. The lowest BCUT2D eigenvalue weighted by Crippen LogP contribution is -2.55. The fourth-order valence-electron chi connectivity index (χ4n) is 7.75. The molecule has 46 heavy (non-hydrogen) atoms. The van der Waals surface area contributed by atoms with Crippen LogP contribution in [0.15, 0.2) is 48.7 Å². The van der Waals surface area contributed by atoms with Crippen LogP contribution in [0.25, 0.3) is 0 Å². The molecule has 6 rings (SSSR count). The highest BCUT2D eigenvalue weighted by Crippen LogP contribution is 2.60. The molecule has 0 saturated carbocycles. The van der Waals surface area contributed by atoms with Crippen molar-refractivity contribution in [1.29, 1.82) is 0 Å².